The molecule has 1 heteroatoms. The fraction of sp³-hybridized carbons (Fsp3) is 0. The second kappa shape index (κ2) is 0.684. The molecule has 28 valence electrons. The van der Waals surface area contributed by atoms with Crippen LogP contribution in [0.15, 0.2) is 11.4 Å². The van der Waals surface area contributed by atoms with Crippen molar-refractivity contribution in [2.75, 3.05) is 0 Å². The molecule has 0 spiro atoms. The van der Waals surface area contributed by atoms with Crippen molar-refractivity contribution in [1.82, 2.24) is 0 Å². The molecule has 1 heterocycles. The Morgan fingerprint density at radius 2 is 2.67 bits per heavy atom. The van der Waals surface area contributed by atoms with E-state index < -0.39 is 0 Å². The molecule has 0 bridgehead atoms. The Kier molecular flexibility index (Phi) is 0.320. The molecule has 0 unspecified atom stereocenters. The van der Waals surface area contributed by atoms with Crippen LogP contribution in [0.5, 0.6) is 0 Å². The van der Waals surface area contributed by atoms with Gasteiger partial charge in [-0.15, -0.1) is 11.3 Å². The number of hydrogen-bond donors (Lipinski definition) is 0. The van der Waals surface area contributed by atoms with E-state index in [1.165, 1.54) is 10.4 Å². The maximum atomic E-state index is 3.08. The van der Waals surface area contributed by atoms with E-state index in [0.29, 0.717) is 0 Å². The van der Waals surface area contributed by atoms with Crippen molar-refractivity contribution in [1.29, 1.82) is 0 Å². The lowest BCUT2D eigenvalue weighted by atomic mass is 10.6. The third kappa shape index (κ3) is 0.197. The summed E-state index contributed by atoms with van der Waals surface area (Å²) in [6.07, 6.45) is 3.08. The van der Waals surface area contributed by atoms with Gasteiger partial charge in [-0.2, -0.15) is 0 Å². The van der Waals surface area contributed by atoms with E-state index in [9.17, 15) is 0 Å². The molecule has 0 atom stereocenters. The molecule has 0 fully saturated rings. The predicted molar refractivity (Wildman–Crippen MR) is 25.8 cm³/mol. The standard InChI is InChI=1S/C5H2S/c1-2-6-5-3-4(1)5/h1-2H. The van der Waals surface area contributed by atoms with Crippen LogP contribution in [0.3, 0.4) is 0 Å². The molecule has 2 radical (unpaired) electrons. The predicted octanol–water partition coefficient (Wildman–Crippen LogP) is 1.54. The van der Waals surface area contributed by atoms with Gasteiger partial charge in [0.2, 0.25) is 0 Å². The van der Waals surface area contributed by atoms with Crippen LogP contribution in [0.4, 0.5) is 0 Å². The number of fused-ring (bicyclic) bond motifs is 1. The molecule has 1 aromatic heterocycles. The molecule has 1 aromatic rings. The first kappa shape index (κ1) is 2.80. The fourth-order valence-electron chi connectivity index (χ4n) is 0.471. The van der Waals surface area contributed by atoms with Gasteiger partial charge >= 0.3 is 0 Å². The minimum absolute atomic E-state index is 1.32. The Balaban J connectivity index is 2.88. The summed E-state index contributed by atoms with van der Waals surface area (Å²) in [5.74, 6) is 0. The summed E-state index contributed by atoms with van der Waals surface area (Å²) in [7, 11) is 0. The molecule has 6 heavy (non-hydrogen) atoms. The summed E-state index contributed by atoms with van der Waals surface area (Å²) in [6, 6.07) is 2.08. The van der Waals surface area contributed by atoms with Gasteiger partial charge in [-0.05, 0) is 17.0 Å². The summed E-state index contributed by atoms with van der Waals surface area (Å²) in [6.45, 7) is 0. The van der Waals surface area contributed by atoms with Gasteiger partial charge in [0, 0.05) is 4.88 Å². The summed E-state index contributed by atoms with van der Waals surface area (Å²) in [4.78, 5) is 1.34. The molecule has 0 aromatic carbocycles. The van der Waals surface area contributed by atoms with Crippen LogP contribution >= 0.6 is 11.3 Å². The van der Waals surface area contributed by atoms with E-state index in [1.807, 2.05) is 0 Å². The minimum Gasteiger partial charge on any atom is -0.148 e. The third-order valence-corrected chi connectivity index (χ3v) is 1.68. The molecule has 0 saturated heterocycles. The first-order valence-electron chi connectivity index (χ1n) is 1.81. The first-order valence-corrected chi connectivity index (χ1v) is 2.69. The summed E-state index contributed by atoms with van der Waals surface area (Å²) >= 11 is 1.76. The van der Waals surface area contributed by atoms with Crippen molar-refractivity contribution in [2.45, 2.75) is 0 Å². The van der Waals surface area contributed by atoms with Gasteiger partial charge in [0.1, 0.15) is 0 Å². The monoisotopic (exact) mass is 94.0 g/mol. The van der Waals surface area contributed by atoms with Crippen molar-refractivity contribution in [2.24, 2.45) is 0 Å². The smallest absolute Gasteiger partial charge is 0.0627 e. The number of thiophene rings is 1. The second-order valence-electron chi connectivity index (χ2n) is 1.29. The Hall–Kier alpha value is -0.300. The SMILES string of the molecule is [C]1c2ccsc21. The highest BCUT2D eigenvalue weighted by molar-refractivity contribution is 7.11. The third-order valence-electron chi connectivity index (χ3n) is 0.851. The van der Waals surface area contributed by atoms with Crippen molar-refractivity contribution >= 4 is 11.3 Å². The number of hydrogen-bond acceptors (Lipinski definition) is 1. The van der Waals surface area contributed by atoms with Gasteiger partial charge in [0.05, 0.1) is 6.42 Å². The van der Waals surface area contributed by atoms with Crippen LogP contribution in [-0.2, 0) is 0 Å². The minimum atomic E-state index is 1.32. The topological polar surface area (TPSA) is 0 Å². The van der Waals surface area contributed by atoms with Gasteiger partial charge in [0.15, 0.2) is 0 Å². The zero-order chi connectivity index (χ0) is 3.98. The molecule has 0 nitrogen and oxygen atoms in total. The van der Waals surface area contributed by atoms with Gasteiger partial charge < -0.3 is 0 Å². The largest absolute Gasteiger partial charge is 0.148 e. The van der Waals surface area contributed by atoms with Crippen LogP contribution < -0.4 is 0 Å². The fourth-order valence-corrected chi connectivity index (χ4v) is 1.18. The molecular formula is C5H2S. The molecule has 0 amide bonds. The van der Waals surface area contributed by atoms with Gasteiger partial charge in [-0.1, -0.05) is 0 Å². The summed E-state index contributed by atoms with van der Waals surface area (Å²) in [5.41, 5.74) is 1.32. The van der Waals surface area contributed by atoms with Crippen LogP contribution in [-0.4, -0.2) is 0 Å². The highest BCUT2D eigenvalue weighted by Crippen LogP contribution is 2.35. The lowest BCUT2D eigenvalue weighted by Crippen LogP contribution is -1.34. The Morgan fingerprint density at radius 3 is 2.83 bits per heavy atom. The quantitative estimate of drug-likeness (QED) is 0.464. The molecule has 2 rings (SSSR count). The van der Waals surface area contributed by atoms with Crippen LogP contribution in [0.25, 0.3) is 0 Å². The van der Waals surface area contributed by atoms with Crippen LogP contribution in [0, 0.1) is 6.42 Å². The maximum absolute atomic E-state index is 3.08. The van der Waals surface area contributed by atoms with E-state index >= 15 is 0 Å². The van der Waals surface area contributed by atoms with Crippen LogP contribution in [0.1, 0.15) is 10.4 Å². The van der Waals surface area contributed by atoms with Crippen molar-refractivity contribution in [3.63, 3.8) is 0 Å². The van der Waals surface area contributed by atoms with Gasteiger partial charge in [0.25, 0.3) is 0 Å². The van der Waals surface area contributed by atoms with Crippen LogP contribution in [0.2, 0.25) is 0 Å². The lowest BCUT2D eigenvalue weighted by molar-refractivity contribution is 1.96. The van der Waals surface area contributed by atoms with E-state index in [0.717, 1.165) is 0 Å². The Morgan fingerprint density at radius 1 is 1.67 bits per heavy atom. The molecule has 0 N–H and O–H groups in total. The molecule has 1 aliphatic rings. The first-order chi connectivity index (χ1) is 2.97. The second-order valence-corrected chi connectivity index (χ2v) is 2.20. The van der Waals surface area contributed by atoms with E-state index in [1.54, 1.807) is 11.3 Å². The average molecular weight is 94.1 g/mol. The van der Waals surface area contributed by atoms with Crippen molar-refractivity contribution < 1.29 is 0 Å². The zero-order valence-electron chi connectivity index (χ0n) is 3.06. The van der Waals surface area contributed by atoms with E-state index in [-0.39, 0.29) is 0 Å². The normalized spacial score (nSPS) is 14.0. The van der Waals surface area contributed by atoms with Gasteiger partial charge in [-0.25, -0.2) is 0 Å². The zero-order valence-corrected chi connectivity index (χ0v) is 3.88. The summed E-state index contributed by atoms with van der Waals surface area (Å²) < 4.78 is 0. The summed E-state index contributed by atoms with van der Waals surface area (Å²) in [5, 5.41) is 2.08. The molecular weight excluding hydrogens is 92.1 g/mol. The van der Waals surface area contributed by atoms with Gasteiger partial charge in [-0.3, -0.25) is 0 Å². The molecule has 1 aliphatic carbocycles. The highest BCUT2D eigenvalue weighted by Gasteiger charge is 2.17. The molecule has 0 saturated carbocycles. The lowest BCUT2D eigenvalue weighted by Gasteiger charge is -1.55. The molecule has 0 aliphatic heterocycles. The van der Waals surface area contributed by atoms with E-state index in [4.69, 9.17) is 0 Å². The Bertz CT molecular complexity index is 148. The Labute approximate surface area is 40.4 Å². The average Bonchev–Trinajstić information content (AvgIpc) is 2.17. The number of rotatable bonds is 0. The highest BCUT2D eigenvalue weighted by atomic mass is 32.1. The van der Waals surface area contributed by atoms with E-state index in [2.05, 4.69) is 17.9 Å². The van der Waals surface area contributed by atoms with Crippen molar-refractivity contribution in [3.05, 3.63) is 28.3 Å². The maximum Gasteiger partial charge on any atom is 0.0627 e. The van der Waals surface area contributed by atoms with Crippen molar-refractivity contribution in [3.8, 4) is 0 Å².